The van der Waals surface area contributed by atoms with Crippen LogP contribution in [0.5, 0.6) is 0 Å². The topological polar surface area (TPSA) is 72.5 Å². The molecule has 0 aliphatic carbocycles. The van der Waals surface area contributed by atoms with E-state index in [1.807, 2.05) is 44.2 Å². The van der Waals surface area contributed by atoms with Crippen molar-refractivity contribution in [2.75, 3.05) is 11.9 Å². The zero-order valence-electron chi connectivity index (χ0n) is 15.7. The van der Waals surface area contributed by atoms with Crippen LogP contribution in [0.25, 0.3) is 0 Å². The normalized spacial score (nSPS) is 10.5. The van der Waals surface area contributed by atoms with Crippen molar-refractivity contribution in [2.24, 2.45) is 5.92 Å². The number of nitrogens with one attached hydrogen (secondary N) is 1. The lowest BCUT2D eigenvalue weighted by molar-refractivity contribution is -0.142. The Hall–Kier alpha value is -2.95. The number of amides is 1. The maximum atomic E-state index is 12.1. The molecular weight excluding hydrogens is 342 g/mol. The Morgan fingerprint density at radius 2 is 1.63 bits per heavy atom. The third kappa shape index (κ3) is 7.44. The van der Waals surface area contributed by atoms with E-state index in [4.69, 9.17) is 4.74 Å². The molecule has 5 heteroatoms. The van der Waals surface area contributed by atoms with Gasteiger partial charge in [-0.2, -0.15) is 0 Å². The van der Waals surface area contributed by atoms with Gasteiger partial charge in [-0.15, -0.1) is 0 Å². The summed E-state index contributed by atoms with van der Waals surface area (Å²) >= 11 is 0. The van der Waals surface area contributed by atoms with Crippen LogP contribution in [-0.4, -0.2) is 24.3 Å². The summed E-state index contributed by atoms with van der Waals surface area (Å²) in [6.45, 7) is 3.66. The van der Waals surface area contributed by atoms with Gasteiger partial charge in [-0.25, -0.2) is 0 Å². The average molecular weight is 367 g/mol. The number of carbonyl (C=O) groups is 3. The molecule has 1 N–H and O–H groups in total. The highest BCUT2D eigenvalue weighted by Gasteiger charge is 2.11. The summed E-state index contributed by atoms with van der Waals surface area (Å²) < 4.78 is 5.06. The van der Waals surface area contributed by atoms with Crippen LogP contribution in [0.1, 0.15) is 42.6 Å². The molecule has 0 unspecified atom stereocenters. The van der Waals surface area contributed by atoms with Gasteiger partial charge in [0.15, 0.2) is 12.4 Å². The van der Waals surface area contributed by atoms with Crippen molar-refractivity contribution in [3.05, 3.63) is 65.7 Å². The Balaban J connectivity index is 1.76. The van der Waals surface area contributed by atoms with Crippen molar-refractivity contribution in [1.82, 2.24) is 0 Å². The van der Waals surface area contributed by atoms with Crippen LogP contribution in [-0.2, 0) is 20.7 Å². The standard InChI is InChI=1S/C22H25NO4/c1-16(2)14-21(25)23-19-11-9-18(10-12-19)20(24)15-27-22(26)13-8-17-6-4-3-5-7-17/h3-7,9-12,16H,8,13-15H2,1-2H3,(H,23,25). The van der Waals surface area contributed by atoms with Gasteiger partial charge < -0.3 is 10.1 Å². The lowest BCUT2D eigenvalue weighted by atomic mass is 10.1. The Morgan fingerprint density at radius 1 is 0.963 bits per heavy atom. The molecule has 0 radical (unpaired) electrons. The number of benzene rings is 2. The van der Waals surface area contributed by atoms with Crippen LogP contribution in [0.3, 0.4) is 0 Å². The van der Waals surface area contributed by atoms with Gasteiger partial charge in [0.1, 0.15) is 0 Å². The van der Waals surface area contributed by atoms with Crippen LogP contribution < -0.4 is 5.32 Å². The SMILES string of the molecule is CC(C)CC(=O)Nc1ccc(C(=O)COC(=O)CCc2ccccc2)cc1. The number of Topliss-reactive ketones (excluding diaryl/α,β-unsaturated/α-hetero) is 1. The first kappa shape index (κ1) is 20.4. The van der Waals surface area contributed by atoms with Crippen molar-refractivity contribution >= 4 is 23.3 Å². The second-order valence-electron chi connectivity index (χ2n) is 6.79. The van der Waals surface area contributed by atoms with Gasteiger partial charge in [0.05, 0.1) is 0 Å². The third-order valence-corrected chi connectivity index (χ3v) is 3.91. The molecule has 2 aromatic rings. The summed E-state index contributed by atoms with van der Waals surface area (Å²) in [7, 11) is 0. The number of ketones is 1. The number of ether oxygens (including phenoxy) is 1. The van der Waals surface area contributed by atoms with Crippen molar-refractivity contribution in [3.8, 4) is 0 Å². The fraction of sp³-hybridized carbons (Fsp3) is 0.318. The number of hydrogen-bond acceptors (Lipinski definition) is 4. The van der Waals surface area contributed by atoms with Gasteiger partial charge in [-0.3, -0.25) is 14.4 Å². The largest absolute Gasteiger partial charge is 0.457 e. The first-order valence-corrected chi connectivity index (χ1v) is 9.06. The first-order valence-electron chi connectivity index (χ1n) is 9.06. The summed E-state index contributed by atoms with van der Waals surface area (Å²) in [6, 6.07) is 16.2. The molecule has 0 bridgehead atoms. The molecule has 0 spiro atoms. The van der Waals surface area contributed by atoms with Crippen LogP contribution in [0.4, 0.5) is 5.69 Å². The van der Waals surface area contributed by atoms with E-state index in [0.29, 0.717) is 24.1 Å². The molecule has 0 saturated carbocycles. The number of aryl methyl sites for hydroxylation is 1. The predicted octanol–water partition coefficient (Wildman–Crippen LogP) is 4.03. The molecule has 5 nitrogen and oxygen atoms in total. The minimum absolute atomic E-state index is 0.0589. The minimum atomic E-state index is -0.398. The zero-order valence-corrected chi connectivity index (χ0v) is 15.7. The molecule has 1 amide bonds. The summed E-state index contributed by atoms with van der Waals surface area (Å²) in [5.41, 5.74) is 2.13. The molecule has 0 aliphatic rings. The Bertz CT molecular complexity index is 767. The number of rotatable bonds is 9. The van der Waals surface area contributed by atoms with E-state index in [2.05, 4.69) is 5.32 Å². The minimum Gasteiger partial charge on any atom is -0.457 e. The molecule has 0 saturated heterocycles. The summed E-state index contributed by atoms with van der Waals surface area (Å²) in [6.07, 6.45) is 1.26. The lowest BCUT2D eigenvalue weighted by Crippen LogP contribution is -2.15. The van der Waals surface area contributed by atoms with E-state index in [1.165, 1.54) is 0 Å². The highest BCUT2D eigenvalue weighted by Crippen LogP contribution is 2.12. The number of hydrogen-bond donors (Lipinski definition) is 1. The predicted molar refractivity (Wildman–Crippen MR) is 105 cm³/mol. The first-order chi connectivity index (χ1) is 12.9. The van der Waals surface area contributed by atoms with Gasteiger partial charge in [0.2, 0.25) is 5.91 Å². The van der Waals surface area contributed by atoms with Crippen LogP contribution >= 0.6 is 0 Å². The quantitative estimate of drug-likeness (QED) is 0.536. The van der Waals surface area contributed by atoms with Crippen LogP contribution in [0.2, 0.25) is 0 Å². The van der Waals surface area contributed by atoms with Crippen molar-refractivity contribution in [2.45, 2.75) is 33.1 Å². The number of anilines is 1. The lowest BCUT2D eigenvalue weighted by Gasteiger charge is -2.08. The fourth-order valence-electron chi connectivity index (χ4n) is 2.51. The van der Waals surface area contributed by atoms with E-state index in [1.54, 1.807) is 24.3 Å². The van der Waals surface area contributed by atoms with E-state index in [0.717, 1.165) is 5.56 Å². The van der Waals surface area contributed by atoms with Crippen LogP contribution in [0.15, 0.2) is 54.6 Å². The highest BCUT2D eigenvalue weighted by molar-refractivity contribution is 5.98. The van der Waals surface area contributed by atoms with Gasteiger partial charge in [0.25, 0.3) is 0 Å². The summed E-state index contributed by atoms with van der Waals surface area (Å²) in [5, 5.41) is 2.79. The molecule has 2 aromatic carbocycles. The van der Waals surface area contributed by atoms with E-state index < -0.39 is 5.97 Å². The van der Waals surface area contributed by atoms with Crippen LogP contribution in [0, 0.1) is 5.92 Å². The number of carbonyl (C=O) groups excluding carboxylic acids is 3. The zero-order chi connectivity index (χ0) is 19.6. The second kappa shape index (κ2) is 10.3. The molecule has 2 rings (SSSR count). The molecule has 0 heterocycles. The van der Waals surface area contributed by atoms with Gasteiger partial charge >= 0.3 is 5.97 Å². The molecule has 27 heavy (non-hydrogen) atoms. The molecule has 0 aliphatic heterocycles. The van der Waals surface area contributed by atoms with Crippen molar-refractivity contribution in [3.63, 3.8) is 0 Å². The molecule has 0 atom stereocenters. The monoisotopic (exact) mass is 367 g/mol. The van der Waals surface area contributed by atoms with Gasteiger partial charge in [-0.05, 0) is 42.2 Å². The number of esters is 1. The van der Waals surface area contributed by atoms with Crippen molar-refractivity contribution in [1.29, 1.82) is 0 Å². The summed E-state index contributed by atoms with van der Waals surface area (Å²) in [4.78, 5) is 35.7. The molecule has 0 fully saturated rings. The third-order valence-electron chi connectivity index (χ3n) is 3.91. The molecular formula is C22H25NO4. The van der Waals surface area contributed by atoms with Crippen molar-refractivity contribution < 1.29 is 19.1 Å². The Labute approximate surface area is 159 Å². The molecule has 142 valence electrons. The van der Waals surface area contributed by atoms with E-state index in [9.17, 15) is 14.4 Å². The highest BCUT2D eigenvalue weighted by atomic mass is 16.5. The Morgan fingerprint density at radius 3 is 2.26 bits per heavy atom. The Kier molecular flexibility index (Phi) is 7.74. The van der Waals surface area contributed by atoms with E-state index in [-0.39, 0.29) is 30.6 Å². The maximum Gasteiger partial charge on any atom is 0.306 e. The van der Waals surface area contributed by atoms with Gasteiger partial charge in [-0.1, -0.05) is 44.2 Å². The average Bonchev–Trinajstić information content (AvgIpc) is 2.65. The van der Waals surface area contributed by atoms with E-state index >= 15 is 0 Å². The fourth-order valence-corrected chi connectivity index (χ4v) is 2.51. The van der Waals surface area contributed by atoms with Gasteiger partial charge in [0, 0.05) is 24.1 Å². The summed E-state index contributed by atoms with van der Waals surface area (Å²) in [5.74, 6) is -0.452. The molecule has 0 aromatic heterocycles. The maximum absolute atomic E-state index is 12.1. The second-order valence-corrected chi connectivity index (χ2v) is 6.79. The smallest absolute Gasteiger partial charge is 0.306 e.